The second-order valence-corrected chi connectivity index (χ2v) is 7.16. The van der Waals surface area contributed by atoms with Crippen LogP contribution in [0.1, 0.15) is 31.7 Å². The molecule has 1 saturated carbocycles. The lowest BCUT2D eigenvalue weighted by Crippen LogP contribution is -2.64. The molecule has 0 unspecified atom stereocenters. The molecule has 2 aromatic rings. The maximum atomic E-state index is 12.4. The normalized spacial score (nSPS) is 26.0. The van der Waals surface area contributed by atoms with Crippen LogP contribution in [0.4, 0.5) is 0 Å². The highest BCUT2D eigenvalue weighted by Gasteiger charge is 2.44. The van der Waals surface area contributed by atoms with Crippen molar-refractivity contribution in [3.63, 3.8) is 0 Å². The fourth-order valence-corrected chi connectivity index (χ4v) is 3.89. The summed E-state index contributed by atoms with van der Waals surface area (Å²) in [4.78, 5) is 16.9. The summed E-state index contributed by atoms with van der Waals surface area (Å²) >= 11 is 0. The second kappa shape index (κ2) is 6.18. The van der Waals surface area contributed by atoms with Crippen LogP contribution >= 0.6 is 0 Å². The van der Waals surface area contributed by atoms with Crippen molar-refractivity contribution in [1.29, 1.82) is 0 Å². The van der Waals surface area contributed by atoms with E-state index in [4.69, 9.17) is 0 Å². The molecule has 2 aromatic heterocycles. The minimum Gasteiger partial charge on any atom is -0.395 e. The first kappa shape index (κ1) is 15.6. The van der Waals surface area contributed by atoms with Crippen molar-refractivity contribution in [2.75, 3.05) is 19.7 Å². The van der Waals surface area contributed by atoms with Crippen LogP contribution in [0.25, 0.3) is 11.0 Å². The van der Waals surface area contributed by atoms with E-state index in [-0.39, 0.29) is 18.6 Å². The highest BCUT2D eigenvalue weighted by Crippen LogP contribution is 2.32. The zero-order valence-electron chi connectivity index (χ0n) is 13.7. The number of pyridine rings is 1. The topological polar surface area (TPSA) is 79.2 Å². The van der Waals surface area contributed by atoms with Crippen molar-refractivity contribution in [1.82, 2.24) is 20.2 Å². The number of carbonyl (C=O) groups excluding carboxylic acids is 1. The molecule has 0 aromatic carbocycles. The van der Waals surface area contributed by atoms with Gasteiger partial charge in [0.1, 0.15) is 5.65 Å². The van der Waals surface area contributed by atoms with Gasteiger partial charge < -0.3 is 20.3 Å². The Bertz CT molecular complexity index is 724. The largest absolute Gasteiger partial charge is 0.395 e. The van der Waals surface area contributed by atoms with Crippen LogP contribution in [-0.4, -0.2) is 46.3 Å². The molecule has 0 bridgehead atoms. The maximum absolute atomic E-state index is 12.4. The number of amides is 1. The molecule has 1 amide bonds. The van der Waals surface area contributed by atoms with Crippen molar-refractivity contribution in [3.8, 4) is 0 Å². The summed E-state index contributed by atoms with van der Waals surface area (Å²) in [7, 11) is 0. The van der Waals surface area contributed by atoms with Crippen molar-refractivity contribution in [3.05, 3.63) is 30.6 Å². The summed E-state index contributed by atoms with van der Waals surface area (Å²) < 4.78 is 2.28. The minimum atomic E-state index is -0.600. The van der Waals surface area contributed by atoms with Gasteiger partial charge in [0.05, 0.1) is 12.0 Å². The molecule has 3 heterocycles. The molecule has 2 aliphatic rings. The predicted octanol–water partition coefficient (Wildman–Crippen LogP) is 1.22. The van der Waals surface area contributed by atoms with Crippen LogP contribution in [-0.2, 0) is 4.79 Å². The average Bonchev–Trinajstić information content (AvgIpc) is 2.99. The van der Waals surface area contributed by atoms with Crippen LogP contribution in [0.3, 0.4) is 0 Å². The molecule has 3 N–H and O–H groups in total. The van der Waals surface area contributed by atoms with Gasteiger partial charge >= 0.3 is 0 Å². The van der Waals surface area contributed by atoms with Crippen LogP contribution in [0.15, 0.2) is 30.6 Å². The summed E-state index contributed by atoms with van der Waals surface area (Å²) in [6.45, 7) is 1.07. The molecular weight excluding hydrogens is 304 g/mol. The molecular formula is C18H24N4O2. The standard InChI is InChI=1S/C18H24N4O2/c23-12-18(10-19-11-18)17(24)21-14-3-5-15(6-4-14)22-9-7-13-2-1-8-20-16(13)22/h1-2,7-9,14-15,19,23H,3-6,10-12H2,(H,21,24). The lowest BCUT2D eigenvalue weighted by molar-refractivity contribution is -0.137. The van der Waals surface area contributed by atoms with E-state index >= 15 is 0 Å². The van der Waals surface area contributed by atoms with Crippen LogP contribution in [0.2, 0.25) is 0 Å². The number of hydrogen-bond donors (Lipinski definition) is 3. The average molecular weight is 328 g/mol. The molecule has 4 rings (SSSR count). The molecule has 2 fully saturated rings. The Morgan fingerprint density at radius 2 is 2.12 bits per heavy atom. The maximum Gasteiger partial charge on any atom is 0.231 e. The third-order valence-electron chi connectivity index (χ3n) is 5.61. The highest BCUT2D eigenvalue weighted by atomic mass is 16.3. The first-order valence-electron chi connectivity index (χ1n) is 8.76. The Hall–Kier alpha value is -1.92. The number of aromatic nitrogens is 2. The van der Waals surface area contributed by atoms with Gasteiger partial charge in [0.25, 0.3) is 0 Å². The number of aliphatic hydroxyl groups excluding tert-OH is 1. The molecule has 1 aliphatic heterocycles. The first-order valence-corrected chi connectivity index (χ1v) is 8.76. The lowest BCUT2D eigenvalue weighted by Gasteiger charge is -2.41. The number of nitrogens with one attached hydrogen (secondary N) is 2. The van der Waals surface area contributed by atoms with Crippen molar-refractivity contribution in [2.45, 2.75) is 37.8 Å². The van der Waals surface area contributed by atoms with Crippen molar-refractivity contribution < 1.29 is 9.90 Å². The fraction of sp³-hybridized carbons (Fsp3) is 0.556. The summed E-state index contributed by atoms with van der Waals surface area (Å²) in [6.07, 6.45) is 7.98. The molecule has 1 aliphatic carbocycles. The number of nitrogens with zero attached hydrogens (tertiary/aromatic N) is 2. The number of aliphatic hydroxyl groups is 1. The van der Waals surface area contributed by atoms with Gasteiger partial charge in [0.2, 0.25) is 5.91 Å². The molecule has 6 heteroatoms. The molecule has 0 atom stereocenters. The van der Waals surface area contributed by atoms with Gasteiger partial charge in [0.15, 0.2) is 0 Å². The van der Waals surface area contributed by atoms with Gasteiger partial charge in [-0.3, -0.25) is 4.79 Å². The molecule has 24 heavy (non-hydrogen) atoms. The second-order valence-electron chi connectivity index (χ2n) is 7.16. The summed E-state index contributed by atoms with van der Waals surface area (Å²) in [5.74, 6) is 0.000260. The summed E-state index contributed by atoms with van der Waals surface area (Å²) in [6, 6.07) is 6.83. The molecule has 6 nitrogen and oxygen atoms in total. The Morgan fingerprint density at radius 3 is 2.79 bits per heavy atom. The smallest absolute Gasteiger partial charge is 0.231 e. The van der Waals surface area contributed by atoms with E-state index < -0.39 is 5.41 Å². The monoisotopic (exact) mass is 328 g/mol. The van der Waals surface area contributed by atoms with Crippen LogP contribution in [0, 0.1) is 5.41 Å². The van der Waals surface area contributed by atoms with E-state index in [1.807, 2.05) is 12.3 Å². The van der Waals surface area contributed by atoms with E-state index in [0.29, 0.717) is 19.1 Å². The van der Waals surface area contributed by atoms with Crippen molar-refractivity contribution >= 4 is 16.9 Å². The number of hydrogen-bond acceptors (Lipinski definition) is 4. The van der Waals surface area contributed by atoms with E-state index in [0.717, 1.165) is 31.3 Å². The van der Waals surface area contributed by atoms with Gasteiger partial charge in [-0.15, -0.1) is 0 Å². The number of fused-ring (bicyclic) bond motifs is 1. The predicted molar refractivity (Wildman–Crippen MR) is 91.6 cm³/mol. The van der Waals surface area contributed by atoms with E-state index in [2.05, 4.69) is 38.5 Å². The zero-order chi connectivity index (χ0) is 16.6. The fourth-order valence-electron chi connectivity index (χ4n) is 3.89. The van der Waals surface area contributed by atoms with E-state index in [1.165, 1.54) is 5.39 Å². The van der Waals surface area contributed by atoms with Crippen molar-refractivity contribution in [2.24, 2.45) is 5.41 Å². The molecule has 0 radical (unpaired) electrons. The van der Waals surface area contributed by atoms with Gasteiger partial charge in [0, 0.05) is 43.0 Å². The minimum absolute atomic E-state index is 0.000260. The highest BCUT2D eigenvalue weighted by molar-refractivity contribution is 5.84. The zero-order valence-corrected chi connectivity index (χ0v) is 13.7. The van der Waals surface area contributed by atoms with E-state index in [1.54, 1.807) is 0 Å². The molecule has 1 saturated heterocycles. The number of carbonyl (C=O) groups is 1. The van der Waals surface area contributed by atoms with Gasteiger partial charge in [-0.1, -0.05) is 0 Å². The van der Waals surface area contributed by atoms with Gasteiger partial charge in [-0.05, 0) is 43.9 Å². The van der Waals surface area contributed by atoms with Gasteiger partial charge in [-0.2, -0.15) is 0 Å². The lowest BCUT2D eigenvalue weighted by atomic mass is 9.80. The summed E-state index contributed by atoms with van der Waals surface area (Å²) in [5, 5.41) is 16.9. The first-order chi connectivity index (χ1) is 11.7. The summed E-state index contributed by atoms with van der Waals surface area (Å²) in [5.41, 5.74) is 0.446. The Kier molecular flexibility index (Phi) is 4.02. The number of rotatable bonds is 4. The molecule has 128 valence electrons. The molecule has 0 spiro atoms. The Morgan fingerprint density at radius 1 is 1.33 bits per heavy atom. The Labute approximate surface area is 141 Å². The van der Waals surface area contributed by atoms with Gasteiger partial charge in [-0.25, -0.2) is 4.98 Å². The Balaban J connectivity index is 1.38. The van der Waals surface area contributed by atoms with Crippen LogP contribution < -0.4 is 10.6 Å². The van der Waals surface area contributed by atoms with Crippen LogP contribution in [0.5, 0.6) is 0 Å². The quantitative estimate of drug-likeness (QED) is 0.788. The third-order valence-corrected chi connectivity index (χ3v) is 5.61. The third kappa shape index (κ3) is 2.59. The van der Waals surface area contributed by atoms with E-state index in [9.17, 15) is 9.90 Å². The SMILES string of the molecule is O=C(NC1CCC(n2ccc3cccnc32)CC1)C1(CO)CNC1.